The molecule has 9 heteroatoms. The summed E-state index contributed by atoms with van der Waals surface area (Å²) >= 11 is 0. The Morgan fingerprint density at radius 2 is 2.00 bits per heavy atom. The molecule has 0 aromatic heterocycles. The molecule has 2 unspecified atom stereocenters. The smallest absolute Gasteiger partial charge is 0.338 e. The number of nitrogens with two attached hydrogens (primary N) is 1. The number of nitrogens with zero attached hydrogens (tertiary/aromatic N) is 1. The summed E-state index contributed by atoms with van der Waals surface area (Å²) in [4.78, 5) is 33.8. The predicted octanol–water partition coefficient (Wildman–Crippen LogP) is 2.12. The fourth-order valence-corrected chi connectivity index (χ4v) is 1.76. The van der Waals surface area contributed by atoms with Crippen molar-refractivity contribution >= 4 is 35.7 Å². The number of carbonyl (C=O) groups is 2. The fourth-order valence-electron chi connectivity index (χ4n) is 1.76. The molecule has 1 rings (SSSR count). The van der Waals surface area contributed by atoms with E-state index in [9.17, 15) is 19.7 Å². The van der Waals surface area contributed by atoms with Crippen molar-refractivity contribution in [2.45, 2.75) is 26.3 Å². The molecule has 3 N–H and O–H groups in total. The van der Waals surface area contributed by atoms with Gasteiger partial charge in [-0.3, -0.25) is 14.9 Å². The second-order valence-corrected chi connectivity index (χ2v) is 4.92. The zero-order valence-corrected chi connectivity index (χ0v) is 13.9. The van der Waals surface area contributed by atoms with Gasteiger partial charge in [0.25, 0.3) is 5.69 Å². The third-order valence-corrected chi connectivity index (χ3v) is 3.38. The number of esters is 1. The number of hydrogen-bond acceptors (Lipinski definition) is 6. The molecule has 0 bridgehead atoms. The van der Waals surface area contributed by atoms with Crippen molar-refractivity contribution in [2.24, 2.45) is 11.7 Å². The van der Waals surface area contributed by atoms with E-state index in [2.05, 4.69) is 10.1 Å². The van der Waals surface area contributed by atoms with E-state index in [1.807, 2.05) is 13.8 Å². The summed E-state index contributed by atoms with van der Waals surface area (Å²) in [5.74, 6) is -1.24. The number of carbonyl (C=O) groups excluding carboxylic acids is 2. The van der Waals surface area contributed by atoms with Crippen LogP contribution in [0.5, 0.6) is 0 Å². The lowest BCUT2D eigenvalue weighted by Gasteiger charge is -2.17. The van der Waals surface area contributed by atoms with Gasteiger partial charge in [0.1, 0.15) is 0 Å². The Bertz CT molecular complexity index is 594. The van der Waals surface area contributed by atoms with E-state index in [1.165, 1.54) is 6.07 Å². The molecule has 0 aliphatic heterocycles. The van der Waals surface area contributed by atoms with Crippen molar-refractivity contribution in [1.82, 2.24) is 0 Å². The second kappa shape index (κ2) is 9.06. The minimum absolute atomic E-state index is 0. The van der Waals surface area contributed by atoms with Crippen LogP contribution in [0.15, 0.2) is 18.2 Å². The van der Waals surface area contributed by atoms with Crippen molar-refractivity contribution in [3.8, 4) is 0 Å². The van der Waals surface area contributed by atoms with Crippen LogP contribution < -0.4 is 11.1 Å². The summed E-state index contributed by atoms with van der Waals surface area (Å²) in [6.07, 6.45) is 0.719. The lowest BCUT2D eigenvalue weighted by Crippen LogP contribution is -2.40. The van der Waals surface area contributed by atoms with Gasteiger partial charge < -0.3 is 15.8 Å². The van der Waals surface area contributed by atoms with Crippen LogP contribution in [0.3, 0.4) is 0 Å². The molecule has 0 spiro atoms. The van der Waals surface area contributed by atoms with Gasteiger partial charge in [-0.15, -0.1) is 12.4 Å². The summed E-state index contributed by atoms with van der Waals surface area (Å²) in [5, 5.41) is 13.4. The number of nitro benzene ring substituents is 1. The average molecular weight is 346 g/mol. The van der Waals surface area contributed by atoms with Gasteiger partial charge in [0.05, 0.1) is 23.6 Å². The van der Waals surface area contributed by atoms with Crippen molar-refractivity contribution in [1.29, 1.82) is 0 Å². The highest BCUT2D eigenvalue weighted by Gasteiger charge is 2.21. The van der Waals surface area contributed by atoms with E-state index in [0.29, 0.717) is 0 Å². The summed E-state index contributed by atoms with van der Waals surface area (Å²) in [6.45, 7) is 3.73. The molecule has 0 saturated heterocycles. The zero-order chi connectivity index (χ0) is 16.9. The SMILES string of the molecule is CCC(C)C(N)C(=O)Nc1cc(C(=O)OC)cc([N+](=O)[O-])c1.Cl. The standard InChI is InChI=1S/C14H19N3O5.ClH/c1-4-8(2)12(15)13(18)16-10-5-9(14(19)22-3)6-11(7-10)17(20)21;/h5-8,12H,4,15H2,1-3H3,(H,16,18);1H. The maximum atomic E-state index is 12.0. The van der Waals surface area contributed by atoms with Crippen molar-refractivity contribution in [3.05, 3.63) is 33.9 Å². The van der Waals surface area contributed by atoms with Gasteiger partial charge >= 0.3 is 5.97 Å². The highest BCUT2D eigenvalue weighted by molar-refractivity contribution is 5.97. The summed E-state index contributed by atoms with van der Waals surface area (Å²) < 4.78 is 4.54. The maximum absolute atomic E-state index is 12.0. The molecule has 128 valence electrons. The van der Waals surface area contributed by atoms with Gasteiger partial charge in [-0.1, -0.05) is 20.3 Å². The first-order valence-electron chi connectivity index (χ1n) is 6.74. The molecule has 1 aromatic carbocycles. The lowest BCUT2D eigenvalue weighted by atomic mass is 9.99. The highest BCUT2D eigenvalue weighted by atomic mass is 35.5. The van der Waals surface area contributed by atoms with Crippen molar-refractivity contribution in [3.63, 3.8) is 0 Å². The van der Waals surface area contributed by atoms with E-state index in [4.69, 9.17) is 5.73 Å². The van der Waals surface area contributed by atoms with Crippen LogP contribution in [-0.2, 0) is 9.53 Å². The number of benzene rings is 1. The molecule has 0 saturated carbocycles. The van der Waals surface area contributed by atoms with Crippen LogP contribution in [0, 0.1) is 16.0 Å². The Labute approximate surface area is 139 Å². The molecule has 1 aromatic rings. The average Bonchev–Trinajstić information content (AvgIpc) is 2.51. The molecule has 8 nitrogen and oxygen atoms in total. The summed E-state index contributed by atoms with van der Waals surface area (Å²) in [6, 6.07) is 2.80. The van der Waals surface area contributed by atoms with Gasteiger partial charge in [0, 0.05) is 17.8 Å². The minimum atomic E-state index is -0.745. The van der Waals surface area contributed by atoms with Gasteiger partial charge in [-0.05, 0) is 12.0 Å². The summed E-state index contributed by atoms with van der Waals surface area (Å²) in [5.41, 5.74) is 5.58. The largest absolute Gasteiger partial charge is 0.465 e. The van der Waals surface area contributed by atoms with Gasteiger partial charge in [0.2, 0.25) is 5.91 Å². The lowest BCUT2D eigenvalue weighted by molar-refractivity contribution is -0.384. The summed E-state index contributed by atoms with van der Waals surface area (Å²) in [7, 11) is 1.16. The Balaban J connectivity index is 0.00000484. The van der Waals surface area contributed by atoms with Gasteiger partial charge in [-0.2, -0.15) is 0 Å². The molecule has 0 fully saturated rings. The van der Waals surface area contributed by atoms with Gasteiger partial charge in [-0.25, -0.2) is 4.79 Å². The van der Waals surface area contributed by atoms with Crippen LogP contribution in [0.4, 0.5) is 11.4 Å². The number of halogens is 1. The quantitative estimate of drug-likeness (QED) is 0.462. The minimum Gasteiger partial charge on any atom is -0.465 e. The van der Waals surface area contributed by atoms with E-state index in [-0.39, 0.29) is 35.3 Å². The third-order valence-electron chi connectivity index (χ3n) is 3.38. The van der Waals surface area contributed by atoms with Crippen molar-refractivity contribution < 1.29 is 19.2 Å². The Kier molecular flexibility index (Phi) is 8.20. The number of hydrogen-bond donors (Lipinski definition) is 2. The van der Waals surface area contributed by atoms with E-state index >= 15 is 0 Å². The van der Waals surface area contributed by atoms with Crippen LogP contribution in [0.2, 0.25) is 0 Å². The number of anilines is 1. The van der Waals surface area contributed by atoms with Crippen molar-refractivity contribution in [2.75, 3.05) is 12.4 Å². The topological polar surface area (TPSA) is 125 Å². The van der Waals surface area contributed by atoms with Crippen LogP contribution in [0.1, 0.15) is 30.6 Å². The molecule has 1 amide bonds. The number of amides is 1. The molecule has 0 heterocycles. The van der Waals surface area contributed by atoms with E-state index in [1.54, 1.807) is 0 Å². The molecular formula is C14H20ClN3O5. The van der Waals surface area contributed by atoms with Crippen LogP contribution >= 0.6 is 12.4 Å². The second-order valence-electron chi connectivity index (χ2n) is 4.92. The molecule has 23 heavy (non-hydrogen) atoms. The molecule has 0 aliphatic rings. The van der Waals surface area contributed by atoms with E-state index < -0.39 is 22.8 Å². The third kappa shape index (κ3) is 5.50. The van der Waals surface area contributed by atoms with Crippen LogP contribution in [0.25, 0.3) is 0 Å². The molecule has 0 radical (unpaired) electrons. The monoisotopic (exact) mass is 345 g/mol. The molecule has 2 atom stereocenters. The number of methoxy groups -OCH3 is 1. The first kappa shape index (κ1) is 20.8. The normalized spacial score (nSPS) is 12.5. The highest BCUT2D eigenvalue weighted by Crippen LogP contribution is 2.22. The van der Waals surface area contributed by atoms with Crippen LogP contribution in [-0.4, -0.2) is 30.0 Å². The van der Waals surface area contributed by atoms with E-state index in [0.717, 1.165) is 25.7 Å². The maximum Gasteiger partial charge on any atom is 0.338 e. The Morgan fingerprint density at radius 1 is 1.39 bits per heavy atom. The number of nitro groups is 1. The Morgan fingerprint density at radius 3 is 2.48 bits per heavy atom. The molecule has 0 aliphatic carbocycles. The fraction of sp³-hybridized carbons (Fsp3) is 0.429. The number of ether oxygens (including phenoxy) is 1. The first-order valence-corrected chi connectivity index (χ1v) is 6.74. The predicted molar refractivity (Wildman–Crippen MR) is 87.7 cm³/mol. The zero-order valence-electron chi connectivity index (χ0n) is 13.1. The first-order chi connectivity index (χ1) is 10.3. The number of nitrogens with one attached hydrogen (secondary N) is 1. The number of rotatable bonds is 6. The number of non-ortho nitro benzene ring substituents is 1. The van der Waals surface area contributed by atoms with Gasteiger partial charge in [0.15, 0.2) is 0 Å². The molecular weight excluding hydrogens is 326 g/mol. The Hall–Kier alpha value is -2.19.